The SMILES string of the molecule is CN1CCC(C#N)(NC(=O)C(CC2CCCCC2)N=C(Nc2ncc(C(N)=O)[nH]2)N2CCOCC2)CC1. The lowest BCUT2D eigenvalue weighted by atomic mass is 9.84. The maximum atomic E-state index is 13.8. The molecule has 1 aromatic heterocycles. The molecule has 1 atom stereocenters. The highest BCUT2D eigenvalue weighted by Gasteiger charge is 2.38. The van der Waals surface area contributed by atoms with Gasteiger partial charge < -0.3 is 30.6 Å². The predicted octanol–water partition coefficient (Wildman–Crippen LogP) is 1.05. The summed E-state index contributed by atoms with van der Waals surface area (Å²) < 4.78 is 5.52. The second kappa shape index (κ2) is 12.4. The molecule has 1 aliphatic carbocycles. The maximum Gasteiger partial charge on any atom is 0.266 e. The Morgan fingerprint density at radius 2 is 1.97 bits per heavy atom. The first-order valence-corrected chi connectivity index (χ1v) is 13.3. The minimum absolute atomic E-state index is 0.179. The van der Waals surface area contributed by atoms with Crippen molar-refractivity contribution in [3.8, 4) is 6.07 Å². The average molecular weight is 514 g/mol. The molecular weight excluding hydrogens is 474 g/mol. The molecule has 202 valence electrons. The minimum Gasteiger partial charge on any atom is -0.378 e. The van der Waals surface area contributed by atoms with Gasteiger partial charge in [-0.1, -0.05) is 32.1 Å². The van der Waals surface area contributed by atoms with Gasteiger partial charge in [0.25, 0.3) is 5.91 Å². The van der Waals surface area contributed by atoms with Crippen molar-refractivity contribution in [1.29, 1.82) is 5.26 Å². The van der Waals surface area contributed by atoms with Crippen LogP contribution in [-0.2, 0) is 9.53 Å². The Hall–Kier alpha value is -3.17. The third-order valence-corrected chi connectivity index (χ3v) is 7.66. The number of aromatic amines is 1. The number of anilines is 1. The summed E-state index contributed by atoms with van der Waals surface area (Å²) in [5.41, 5.74) is 4.67. The molecular formula is C25H39N9O3. The molecule has 3 aliphatic rings. The summed E-state index contributed by atoms with van der Waals surface area (Å²) >= 11 is 0. The van der Waals surface area contributed by atoms with Crippen LogP contribution in [0.2, 0.25) is 0 Å². The standard InChI is InChI=1S/C25H39N9O3/c1-33-9-7-25(17-26,8-10-33)32-22(36)19(15-18-5-3-2-4-6-18)30-24(34-11-13-37-14-12-34)31-23-28-16-20(29-23)21(27)35/h16,18-19H,2-15H2,1H3,(H2,27,35)(H,32,36)(H2,28,29,30,31). The number of primary amides is 1. The molecule has 0 spiro atoms. The molecule has 0 bridgehead atoms. The number of nitriles is 1. The molecule has 1 saturated carbocycles. The number of guanidine groups is 1. The number of carbonyl (C=O) groups is 2. The number of ether oxygens (including phenoxy) is 1. The Morgan fingerprint density at radius 1 is 1.27 bits per heavy atom. The van der Waals surface area contributed by atoms with Gasteiger partial charge in [-0.15, -0.1) is 0 Å². The Morgan fingerprint density at radius 3 is 2.59 bits per heavy atom. The number of piperidine rings is 1. The Balaban J connectivity index is 1.60. The molecule has 12 nitrogen and oxygen atoms in total. The number of nitrogens with one attached hydrogen (secondary N) is 3. The number of aliphatic imine (C=N–C) groups is 1. The van der Waals surface area contributed by atoms with Crippen molar-refractivity contribution in [2.75, 3.05) is 51.8 Å². The fourth-order valence-electron chi connectivity index (χ4n) is 5.27. The quantitative estimate of drug-likeness (QED) is 0.310. The highest BCUT2D eigenvalue weighted by atomic mass is 16.5. The van der Waals surface area contributed by atoms with Gasteiger partial charge in [0.2, 0.25) is 17.8 Å². The van der Waals surface area contributed by atoms with E-state index in [0.717, 1.165) is 38.8 Å². The number of morpholine rings is 1. The highest BCUT2D eigenvalue weighted by molar-refractivity contribution is 5.96. The molecule has 3 heterocycles. The van der Waals surface area contributed by atoms with E-state index in [1.807, 2.05) is 11.9 Å². The second-order valence-electron chi connectivity index (χ2n) is 10.4. The lowest BCUT2D eigenvalue weighted by Crippen LogP contribution is -2.56. The maximum absolute atomic E-state index is 13.8. The molecule has 2 aliphatic heterocycles. The lowest BCUT2D eigenvalue weighted by molar-refractivity contribution is -0.124. The number of nitrogens with zero attached hydrogens (tertiary/aromatic N) is 5. The summed E-state index contributed by atoms with van der Waals surface area (Å²) in [6.45, 7) is 3.78. The smallest absolute Gasteiger partial charge is 0.266 e. The van der Waals surface area contributed by atoms with Crippen molar-refractivity contribution >= 4 is 23.7 Å². The zero-order valence-electron chi connectivity index (χ0n) is 21.7. The fourth-order valence-corrected chi connectivity index (χ4v) is 5.27. The molecule has 2 saturated heterocycles. The zero-order valence-corrected chi connectivity index (χ0v) is 21.7. The van der Waals surface area contributed by atoms with Crippen LogP contribution in [0, 0.1) is 17.2 Å². The minimum atomic E-state index is -0.881. The van der Waals surface area contributed by atoms with Crippen LogP contribution < -0.4 is 16.4 Å². The van der Waals surface area contributed by atoms with Gasteiger partial charge in [0, 0.05) is 26.2 Å². The summed E-state index contributed by atoms with van der Waals surface area (Å²) in [5, 5.41) is 16.3. The normalized spacial score (nSPS) is 22.2. The van der Waals surface area contributed by atoms with Crippen molar-refractivity contribution in [1.82, 2.24) is 25.1 Å². The number of rotatable bonds is 7. The van der Waals surface area contributed by atoms with Gasteiger partial charge in [0.05, 0.1) is 25.5 Å². The zero-order chi connectivity index (χ0) is 26.3. The summed E-state index contributed by atoms with van der Waals surface area (Å²) in [6, 6.07) is 1.73. The first kappa shape index (κ1) is 26.9. The summed E-state index contributed by atoms with van der Waals surface area (Å²) in [4.78, 5) is 41.5. The van der Waals surface area contributed by atoms with E-state index in [4.69, 9.17) is 15.5 Å². The number of aromatic nitrogens is 2. The first-order valence-electron chi connectivity index (χ1n) is 13.3. The van der Waals surface area contributed by atoms with E-state index in [1.54, 1.807) is 0 Å². The molecule has 3 fully saturated rings. The predicted molar refractivity (Wildman–Crippen MR) is 139 cm³/mol. The summed E-state index contributed by atoms with van der Waals surface area (Å²) in [5.74, 6) is 0.375. The van der Waals surface area contributed by atoms with Gasteiger partial charge in [-0.2, -0.15) is 5.26 Å². The Kier molecular flexibility index (Phi) is 9.00. The third kappa shape index (κ3) is 7.20. The summed E-state index contributed by atoms with van der Waals surface area (Å²) in [6.07, 6.45) is 8.86. The summed E-state index contributed by atoms with van der Waals surface area (Å²) in [7, 11) is 2.03. The van der Waals surface area contributed by atoms with E-state index in [1.165, 1.54) is 12.6 Å². The number of amides is 2. The van der Waals surface area contributed by atoms with Gasteiger partial charge in [0.1, 0.15) is 17.3 Å². The first-order chi connectivity index (χ1) is 17.9. The largest absolute Gasteiger partial charge is 0.378 e. The second-order valence-corrected chi connectivity index (χ2v) is 10.4. The van der Waals surface area contributed by atoms with Crippen LogP contribution in [-0.4, -0.2) is 95.6 Å². The van der Waals surface area contributed by atoms with Gasteiger partial charge in [-0.05, 0) is 32.2 Å². The van der Waals surface area contributed by atoms with Crippen LogP contribution in [0.25, 0.3) is 0 Å². The topological polar surface area (TPSA) is 165 Å². The van der Waals surface area contributed by atoms with E-state index in [9.17, 15) is 14.9 Å². The van der Waals surface area contributed by atoms with Crippen LogP contribution >= 0.6 is 0 Å². The molecule has 0 aromatic carbocycles. The van der Waals surface area contributed by atoms with Crippen molar-refractivity contribution in [3.05, 3.63) is 11.9 Å². The van der Waals surface area contributed by atoms with Gasteiger partial charge >= 0.3 is 0 Å². The van der Waals surface area contributed by atoms with Crippen LogP contribution in [0.4, 0.5) is 5.95 Å². The molecule has 12 heteroatoms. The van der Waals surface area contributed by atoms with Crippen molar-refractivity contribution in [3.63, 3.8) is 0 Å². The Labute approximate surface area is 218 Å². The van der Waals surface area contributed by atoms with E-state index in [-0.39, 0.29) is 11.6 Å². The number of likely N-dealkylation sites (tertiary alicyclic amines) is 1. The van der Waals surface area contributed by atoms with Crippen LogP contribution in [0.3, 0.4) is 0 Å². The number of nitrogens with two attached hydrogens (primary N) is 1. The van der Waals surface area contributed by atoms with Crippen LogP contribution in [0.1, 0.15) is 61.9 Å². The van der Waals surface area contributed by atoms with Crippen LogP contribution in [0.15, 0.2) is 11.2 Å². The fraction of sp³-hybridized carbons (Fsp3) is 0.720. The molecule has 0 radical (unpaired) electrons. The van der Waals surface area contributed by atoms with E-state index >= 15 is 0 Å². The van der Waals surface area contributed by atoms with E-state index in [2.05, 4.69) is 31.6 Å². The van der Waals surface area contributed by atoms with E-state index in [0.29, 0.717) is 63.4 Å². The van der Waals surface area contributed by atoms with Crippen molar-refractivity contribution < 1.29 is 14.3 Å². The average Bonchev–Trinajstić information content (AvgIpc) is 3.39. The Bertz CT molecular complexity index is 997. The number of imidazole rings is 1. The molecule has 1 aromatic rings. The highest BCUT2D eigenvalue weighted by Crippen LogP contribution is 2.29. The molecule has 37 heavy (non-hydrogen) atoms. The monoisotopic (exact) mass is 513 g/mol. The van der Waals surface area contributed by atoms with Gasteiger partial charge in [0.15, 0.2) is 0 Å². The number of H-pyrrole nitrogens is 1. The number of hydrogen-bond acceptors (Lipinski definition) is 7. The van der Waals surface area contributed by atoms with Crippen molar-refractivity contribution in [2.24, 2.45) is 16.6 Å². The lowest BCUT2D eigenvalue weighted by Gasteiger charge is -2.37. The third-order valence-electron chi connectivity index (χ3n) is 7.66. The molecule has 5 N–H and O–H groups in total. The number of carbonyl (C=O) groups excluding carboxylic acids is 2. The van der Waals surface area contributed by atoms with Gasteiger partial charge in [-0.3, -0.25) is 14.9 Å². The van der Waals surface area contributed by atoms with Crippen molar-refractivity contribution in [2.45, 2.75) is 62.9 Å². The number of hydrogen-bond donors (Lipinski definition) is 4. The van der Waals surface area contributed by atoms with E-state index < -0.39 is 17.5 Å². The molecule has 4 rings (SSSR count). The van der Waals surface area contributed by atoms with Crippen LogP contribution in [0.5, 0.6) is 0 Å². The molecule has 1 unspecified atom stereocenters. The molecule has 2 amide bonds. The van der Waals surface area contributed by atoms with Gasteiger partial charge in [-0.25, -0.2) is 9.98 Å².